The molecule has 4 heteroatoms. The van der Waals surface area contributed by atoms with Crippen LogP contribution in [0.15, 0.2) is 0 Å². The summed E-state index contributed by atoms with van der Waals surface area (Å²) in [7, 11) is 0. The largest absolute Gasteiger partial charge is 0.309 e. The minimum Gasteiger partial charge on any atom is -0.309 e. The van der Waals surface area contributed by atoms with E-state index in [-0.39, 0.29) is 12.6 Å². The van der Waals surface area contributed by atoms with Gasteiger partial charge in [-0.2, -0.15) is 0 Å². The Morgan fingerprint density at radius 3 is 2.50 bits per heavy atom. The van der Waals surface area contributed by atoms with Gasteiger partial charge in [0.25, 0.3) is 6.43 Å². The zero-order valence-corrected chi connectivity index (χ0v) is 7.50. The molecule has 0 spiro atoms. The molecule has 0 aromatic heterocycles. The van der Waals surface area contributed by atoms with Crippen molar-refractivity contribution >= 4 is 15.9 Å². The summed E-state index contributed by atoms with van der Waals surface area (Å²) in [4.78, 5) is 0. The molecule has 0 aliphatic carbocycles. The van der Waals surface area contributed by atoms with Crippen LogP contribution in [0.25, 0.3) is 0 Å². The molecule has 0 aliphatic rings. The maximum absolute atomic E-state index is 11.6. The lowest BCUT2D eigenvalue weighted by Gasteiger charge is -2.10. The SMILES string of the molecule is CC(CCBr)NCC(F)F. The third-order valence-corrected chi connectivity index (χ3v) is 1.62. The predicted octanol–water partition coefficient (Wildman–Crippen LogP) is 2.01. The van der Waals surface area contributed by atoms with E-state index in [9.17, 15) is 8.78 Å². The Labute approximate surface area is 68.3 Å². The van der Waals surface area contributed by atoms with E-state index in [1.165, 1.54) is 0 Å². The first-order valence-electron chi connectivity index (χ1n) is 3.24. The van der Waals surface area contributed by atoms with Crippen LogP contribution in [-0.4, -0.2) is 24.3 Å². The third kappa shape index (κ3) is 6.42. The zero-order valence-electron chi connectivity index (χ0n) is 5.91. The monoisotopic (exact) mass is 215 g/mol. The van der Waals surface area contributed by atoms with Crippen molar-refractivity contribution in [1.82, 2.24) is 5.32 Å². The van der Waals surface area contributed by atoms with Crippen LogP contribution in [0.5, 0.6) is 0 Å². The fraction of sp³-hybridized carbons (Fsp3) is 1.00. The Hall–Kier alpha value is 0.300. The first-order chi connectivity index (χ1) is 4.66. The third-order valence-electron chi connectivity index (χ3n) is 1.16. The minimum absolute atomic E-state index is 0.174. The average Bonchev–Trinajstić information content (AvgIpc) is 1.85. The molecule has 1 unspecified atom stereocenters. The van der Waals surface area contributed by atoms with Gasteiger partial charge in [0.2, 0.25) is 0 Å². The molecule has 0 saturated carbocycles. The lowest BCUT2D eigenvalue weighted by atomic mass is 10.3. The van der Waals surface area contributed by atoms with Crippen LogP contribution in [0.4, 0.5) is 8.78 Å². The highest BCUT2D eigenvalue weighted by Crippen LogP contribution is 1.96. The number of hydrogen-bond donors (Lipinski definition) is 1. The molecule has 0 aliphatic heterocycles. The molecule has 0 saturated heterocycles. The van der Waals surface area contributed by atoms with Gasteiger partial charge in [-0.1, -0.05) is 15.9 Å². The summed E-state index contributed by atoms with van der Waals surface area (Å²) in [6, 6.07) is 0.174. The van der Waals surface area contributed by atoms with E-state index in [0.29, 0.717) is 0 Å². The topological polar surface area (TPSA) is 12.0 Å². The highest BCUT2D eigenvalue weighted by atomic mass is 79.9. The van der Waals surface area contributed by atoms with Gasteiger partial charge < -0.3 is 5.32 Å². The van der Waals surface area contributed by atoms with Crippen LogP contribution in [0, 0.1) is 0 Å². The summed E-state index contributed by atoms with van der Waals surface area (Å²) >= 11 is 3.23. The number of nitrogens with one attached hydrogen (secondary N) is 1. The molecule has 10 heavy (non-hydrogen) atoms. The van der Waals surface area contributed by atoms with Gasteiger partial charge in [0.15, 0.2) is 0 Å². The predicted molar refractivity (Wildman–Crippen MR) is 41.9 cm³/mol. The van der Waals surface area contributed by atoms with Gasteiger partial charge >= 0.3 is 0 Å². The van der Waals surface area contributed by atoms with Crippen molar-refractivity contribution in [3.8, 4) is 0 Å². The van der Waals surface area contributed by atoms with Gasteiger partial charge in [0.1, 0.15) is 0 Å². The molecular formula is C6H12BrF2N. The highest BCUT2D eigenvalue weighted by molar-refractivity contribution is 9.09. The van der Waals surface area contributed by atoms with Crippen molar-refractivity contribution in [3.63, 3.8) is 0 Å². The second-order valence-electron chi connectivity index (χ2n) is 2.18. The van der Waals surface area contributed by atoms with Crippen LogP contribution in [0.2, 0.25) is 0 Å². The number of rotatable bonds is 5. The summed E-state index contributed by atoms with van der Waals surface area (Å²) < 4.78 is 23.1. The van der Waals surface area contributed by atoms with Crippen molar-refractivity contribution in [2.24, 2.45) is 0 Å². The zero-order chi connectivity index (χ0) is 7.98. The molecule has 0 rings (SSSR count). The molecule has 0 aromatic rings. The maximum Gasteiger partial charge on any atom is 0.250 e. The number of halogens is 3. The Bertz CT molecular complexity index is 80.1. The smallest absolute Gasteiger partial charge is 0.250 e. The van der Waals surface area contributed by atoms with E-state index < -0.39 is 6.43 Å². The van der Waals surface area contributed by atoms with Crippen LogP contribution < -0.4 is 5.32 Å². The summed E-state index contributed by atoms with van der Waals surface area (Å²) in [6.07, 6.45) is -1.36. The van der Waals surface area contributed by atoms with E-state index in [1.807, 2.05) is 6.92 Å². The van der Waals surface area contributed by atoms with Gasteiger partial charge in [0, 0.05) is 11.4 Å². The fourth-order valence-electron chi connectivity index (χ4n) is 0.556. The Kier molecular flexibility index (Phi) is 6.22. The first-order valence-corrected chi connectivity index (χ1v) is 4.36. The molecule has 62 valence electrons. The molecule has 0 radical (unpaired) electrons. The Morgan fingerprint density at radius 2 is 2.10 bits per heavy atom. The molecule has 0 fully saturated rings. The van der Waals surface area contributed by atoms with Gasteiger partial charge in [-0.3, -0.25) is 0 Å². The molecule has 0 amide bonds. The quantitative estimate of drug-likeness (QED) is 0.693. The van der Waals surface area contributed by atoms with E-state index in [4.69, 9.17) is 0 Å². The van der Waals surface area contributed by atoms with Gasteiger partial charge in [-0.05, 0) is 13.3 Å². The molecule has 0 bridgehead atoms. The molecule has 1 nitrogen and oxygen atoms in total. The highest BCUT2D eigenvalue weighted by Gasteiger charge is 2.04. The Balaban J connectivity index is 3.12. The van der Waals surface area contributed by atoms with Crippen LogP contribution >= 0.6 is 15.9 Å². The molecule has 0 heterocycles. The summed E-state index contributed by atoms with van der Waals surface area (Å²) in [6.45, 7) is 1.69. The van der Waals surface area contributed by atoms with Crippen molar-refractivity contribution in [3.05, 3.63) is 0 Å². The summed E-state index contributed by atoms with van der Waals surface area (Å²) in [5.74, 6) is 0. The van der Waals surface area contributed by atoms with E-state index in [2.05, 4.69) is 21.2 Å². The van der Waals surface area contributed by atoms with Crippen LogP contribution in [0.1, 0.15) is 13.3 Å². The minimum atomic E-state index is -2.24. The molecule has 1 N–H and O–H groups in total. The number of hydrogen-bond acceptors (Lipinski definition) is 1. The lowest BCUT2D eigenvalue weighted by molar-refractivity contribution is 0.142. The normalized spacial score (nSPS) is 14.1. The maximum atomic E-state index is 11.6. The van der Waals surface area contributed by atoms with Crippen molar-refractivity contribution in [2.45, 2.75) is 25.8 Å². The fourth-order valence-corrected chi connectivity index (χ4v) is 1.24. The molecular weight excluding hydrogens is 204 g/mol. The van der Waals surface area contributed by atoms with Crippen molar-refractivity contribution < 1.29 is 8.78 Å². The summed E-state index contributed by atoms with van der Waals surface area (Å²) in [5.41, 5.74) is 0. The van der Waals surface area contributed by atoms with E-state index >= 15 is 0 Å². The second-order valence-corrected chi connectivity index (χ2v) is 2.97. The average molecular weight is 216 g/mol. The molecule has 1 atom stereocenters. The second kappa shape index (κ2) is 6.04. The van der Waals surface area contributed by atoms with E-state index in [0.717, 1.165) is 11.8 Å². The van der Waals surface area contributed by atoms with Gasteiger partial charge in [-0.25, -0.2) is 8.78 Å². The van der Waals surface area contributed by atoms with Gasteiger partial charge in [0.05, 0.1) is 6.54 Å². The van der Waals surface area contributed by atoms with E-state index in [1.54, 1.807) is 0 Å². The van der Waals surface area contributed by atoms with Gasteiger partial charge in [-0.15, -0.1) is 0 Å². The van der Waals surface area contributed by atoms with Crippen molar-refractivity contribution in [2.75, 3.05) is 11.9 Å². The number of alkyl halides is 3. The van der Waals surface area contributed by atoms with Crippen LogP contribution in [-0.2, 0) is 0 Å². The standard InChI is InChI=1S/C6H12BrF2N/c1-5(2-3-7)10-4-6(8)9/h5-6,10H,2-4H2,1H3. The Morgan fingerprint density at radius 1 is 1.50 bits per heavy atom. The lowest BCUT2D eigenvalue weighted by Crippen LogP contribution is -2.30. The van der Waals surface area contributed by atoms with Crippen molar-refractivity contribution in [1.29, 1.82) is 0 Å². The van der Waals surface area contributed by atoms with Crippen LogP contribution in [0.3, 0.4) is 0 Å². The molecule has 0 aromatic carbocycles. The first kappa shape index (κ1) is 10.3. The summed E-state index contributed by atoms with van der Waals surface area (Å²) in [5, 5.41) is 3.55.